The molecule has 1 unspecified atom stereocenters. The molecule has 3 rings (SSSR count). The van der Waals surface area contributed by atoms with Crippen LogP contribution in [0.5, 0.6) is 0 Å². The third-order valence-electron chi connectivity index (χ3n) is 4.14. The van der Waals surface area contributed by atoms with Crippen LogP contribution in [0.1, 0.15) is 12.8 Å². The number of nitrogen functional groups attached to an aromatic ring is 1. The van der Waals surface area contributed by atoms with E-state index in [1.807, 2.05) is 0 Å². The summed E-state index contributed by atoms with van der Waals surface area (Å²) in [6.45, 7) is 2.95. The smallest absolute Gasteiger partial charge is 0.245 e. The molecule has 20 heavy (non-hydrogen) atoms. The van der Waals surface area contributed by atoms with E-state index in [9.17, 15) is 8.42 Å². The number of hydrogen-bond donors (Lipinski definition) is 1. The first-order valence-electron chi connectivity index (χ1n) is 6.78. The summed E-state index contributed by atoms with van der Waals surface area (Å²) in [5.41, 5.74) is 6.07. The lowest BCUT2D eigenvalue weighted by molar-refractivity contribution is 0.158. The molecule has 0 aromatic heterocycles. The molecular weight excluding hydrogens is 298 g/mol. The van der Waals surface area contributed by atoms with E-state index >= 15 is 0 Å². The van der Waals surface area contributed by atoms with Gasteiger partial charge in [-0.1, -0.05) is 11.6 Å². The van der Waals surface area contributed by atoms with E-state index in [2.05, 4.69) is 4.90 Å². The van der Waals surface area contributed by atoms with Gasteiger partial charge >= 0.3 is 0 Å². The number of hydrogen-bond acceptors (Lipinski definition) is 4. The van der Waals surface area contributed by atoms with Crippen molar-refractivity contribution in [2.24, 2.45) is 0 Å². The zero-order valence-corrected chi connectivity index (χ0v) is 12.7. The molecule has 2 saturated heterocycles. The van der Waals surface area contributed by atoms with E-state index in [4.69, 9.17) is 17.3 Å². The van der Waals surface area contributed by atoms with Gasteiger partial charge in [0, 0.05) is 30.7 Å². The van der Waals surface area contributed by atoms with Crippen LogP contribution in [0.25, 0.3) is 0 Å². The van der Waals surface area contributed by atoms with Gasteiger partial charge in [-0.05, 0) is 37.6 Å². The molecule has 0 bridgehead atoms. The Bertz CT molecular complexity index is 620. The second-order valence-electron chi connectivity index (χ2n) is 5.38. The number of nitrogens with zero attached hydrogens (tertiary/aromatic N) is 2. The molecule has 0 aliphatic carbocycles. The van der Waals surface area contributed by atoms with Crippen molar-refractivity contribution in [2.75, 3.05) is 31.9 Å². The standard InChI is InChI=1S/C13H18ClN3O2S/c14-10-3-4-12(15)13(8-10)20(18,19)17-7-6-16-5-1-2-11(16)9-17/h3-4,8,11H,1-2,5-7,9,15H2. The van der Waals surface area contributed by atoms with Crippen molar-refractivity contribution in [1.82, 2.24) is 9.21 Å². The van der Waals surface area contributed by atoms with Crippen molar-refractivity contribution in [3.05, 3.63) is 23.2 Å². The van der Waals surface area contributed by atoms with Crippen LogP contribution < -0.4 is 5.73 Å². The highest BCUT2D eigenvalue weighted by Gasteiger charge is 2.36. The average Bonchev–Trinajstić information content (AvgIpc) is 2.88. The maximum atomic E-state index is 12.7. The largest absolute Gasteiger partial charge is 0.398 e. The summed E-state index contributed by atoms with van der Waals surface area (Å²) in [5.74, 6) is 0. The van der Waals surface area contributed by atoms with Crippen LogP contribution in [-0.2, 0) is 10.0 Å². The number of sulfonamides is 1. The third-order valence-corrected chi connectivity index (χ3v) is 6.30. The number of anilines is 1. The first kappa shape index (κ1) is 14.1. The molecule has 2 aliphatic heterocycles. The minimum absolute atomic E-state index is 0.122. The number of halogens is 1. The van der Waals surface area contributed by atoms with Crippen molar-refractivity contribution >= 4 is 27.3 Å². The van der Waals surface area contributed by atoms with E-state index in [1.165, 1.54) is 6.07 Å². The minimum Gasteiger partial charge on any atom is -0.398 e. The van der Waals surface area contributed by atoms with Crippen molar-refractivity contribution in [1.29, 1.82) is 0 Å². The van der Waals surface area contributed by atoms with Crippen LogP contribution in [-0.4, -0.2) is 49.8 Å². The molecule has 0 saturated carbocycles. The van der Waals surface area contributed by atoms with Crippen LogP contribution in [0.4, 0.5) is 5.69 Å². The molecule has 5 nitrogen and oxygen atoms in total. The van der Waals surface area contributed by atoms with Crippen molar-refractivity contribution < 1.29 is 8.42 Å². The lowest BCUT2D eigenvalue weighted by Crippen LogP contribution is -2.51. The summed E-state index contributed by atoms with van der Waals surface area (Å²) in [6.07, 6.45) is 2.22. The summed E-state index contributed by atoms with van der Waals surface area (Å²) in [5, 5.41) is 0.386. The summed E-state index contributed by atoms with van der Waals surface area (Å²) in [4.78, 5) is 2.49. The average molecular weight is 316 g/mol. The second kappa shape index (κ2) is 5.18. The number of nitrogens with two attached hydrogens (primary N) is 1. The van der Waals surface area contributed by atoms with Gasteiger partial charge in [-0.2, -0.15) is 4.31 Å². The van der Waals surface area contributed by atoms with Crippen LogP contribution in [0.2, 0.25) is 5.02 Å². The highest BCUT2D eigenvalue weighted by molar-refractivity contribution is 7.89. The molecule has 2 fully saturated rings. The molecule has 110 valence electrons. The van der Waals surface area contributed by atoms with Crippen molar-refractivity contribution in [3.63, 3.8) is 0 Å². The first-order valence-corrected chi connectivity index (χ1v) is 8.59. The number of fused-ring (bicyclic) bond motifs is 1. The van der Waals surface area contributed by atoms with Gasteiger partial charge in [-0.15, -0.1) is 0 Å². The van der Waals surface area contributed by atoms with E-state index in [-0.39, 0.29) is 10.6 Å². The Morgan fingerprint density at radius 1 is 1.25 bits per heavy atom. The molecule has 0 amide bonds. The Labute approximate surface area is 124 Å². The Hall–Kier alpha value is -0.820. The lowest BCUT2D eigenvalue weighted by atomic mass is 10.2. The molecular formula is C13H18ClN3O2S. The van der Waals surface area contributed by atoms with Gasteiger partial charge in [0.15, 0.2) is 0 Å². The summed E-state index contributed by atoms with van der Waals surface area (Å²) >= 11 is 5.90. The molecule has 2 N–H and O–H groups in total. The van der Waals surface area contributed by atoms with Gasteiger partial charge < -0.3 is 5.73 Å². The Morgan fingerprint density at radius 3 is 2.85 bits per heavy atom. The van der Waals surface area contributed by atoms with E-state index in [0.717, 1.165) is 25.9 Å². The SMILES string of the molecule is Nc1ccc(Cl)cc1S(=O)(=O)N1CCN2CCCC2C1. The maximum Gasteiger partial charge on any atom is 0.245 e. The normalized spacial score (nSPS) is 24.8. The predicted octanol–water partition coefficient (Wildman–Crippen LogP) is 1.39. The molecule has 2 heterocycles. The molecule has 1 atom stereocenters. The second-order valence-corrected chi connectivity index (χ2v) is 7.72. The highest BCUT2D eigenvalue weighted by atomic mass is 35.5. The fourth-order valence-electron chi connectivity index (χ4n) is 3.05. The fourth-order valence-corrected chi connectivity index (χ4v) is 4.90. The number of piperazine rings is 1. The van der Waals surface area contributed by atoms with Crippen LogP contribution in [0.15, 0.2) is 23.1 Å². The van der Waals surface area contributed by atoms with Crippen LogP contribution in [0, 0.1) is 0 Å². The van der Waals surface area contributed by atoms with Gasteiger partial charge in [-0.25, -0.2) is 8.42 Å². The monoisotopic (exact) mass is 315 g/mol. The molecule has 1 aromatic carbocycles. The van der Waals surface area contributed by atoms with E-state index < -0.39 is 10.0 Å². The summed E-state index contributed by atoms with van der Waals surface area (Å²) in [6, 6.07) is 4.93. The first-order chi connectivity index (χ1) is 9.48. The Kier molecular flexibility index (Phi) is 3.66. The molecule has 1 aromatic rings. The summed E-state index contributed by atoms with van der Waals surface area (Å²) in [7, 11) is -3.56. The quantitative estimate of drug-likeness (QED) is 0.838. The maximum absolute atomic E-state index is 12.7. The molecule has 7 heteroatoms. The van der Waals surface area contributed by atoms with E-state index in [0.29, 0.717) is 24.2 Å². The fraction of sp³-hybridized carbons (Fsp3) is 0.538. The molecule has 0 spiro atoms. The lowest BCUT2D eigenvalue weighted by Gasteiger charge is -2.36. The Morgan fingerprint density at radius 2 is 2.05 bits per heavy atom. The van der Waals surface area contributed by atoms with Gasteiger partial charge in [0.2, 0.25) is 10.0 Å². The zero-order chi connectivity index (χ0) is 14.3. The summed E-state index contributed by atoms with van der Waals surface area (Å²) < 4.78 is 27.0. The zero-order valence-electron chi connectivity index (χ0n) is 11.1. The number of benzene rings is 1. The molecule has 2 aliphatic rings. The van der Waals surface area contributed by atoms with Crippen LogP contribution >= 0.6 is 11.6 Å². The van der Waals surface area contributed by atoms with Gasteiger partial charge in [0.1, 0.15) is 4.90 Å². The highest BCUT2D eigenvalue weighted by Crippen LogP contribution is 2.29. The van der Waals surface area contributed by atoms with Gasteiger partial charge in [0.25, 0.3) is 0 Å². The van der Waals surface area contributed by atoms with E-state index in [1.54, 1.807) is 16.4 Å². The van der Waals surface area contributed by atoms with Gasteiger partial charge in [0.05, 0.1) is 5.69 Å². The third kappa shape index (κ3) is 2.41. The molecule has 0 radical (unpaired) electrons. The number of rotatable bonds is 2. The van der Waals surface area contributed by atoms with Crippen molar-refractivity contribution in [2.45, 2.75) is 23.8 Å². The van der Waals surface area contributed by atoms with Crippen molar-refractivity contribution in [3.8, 4) is 0 Å². The minimum atomic E-state index is -3.56. The van der Waals surface area contributed by atoms with Crippen LogP contribution in [0.3, 0.4) is 0 Å². The predicted molar refractivity (Wildman–Crippen MR) is 79.2 cm³/mol. The Balaban J connectivity index is 1.90. The topological polar surface area (TPSA) is 66.6 Å². The van der Waals surface area contributed by atoms with Gasteiger partial charge in [-0.3, -0.25) is 4.90 Å².